The Morgan fingerprint density at radius 2 is 2.00 bits per heavy atom. The minimum absolute atomic E-state index is 0.0403. The molecular formula is C16H18F2N2S. The Bertz CT molecular complexity index is 586. The molecule has 5 heteroatoms. The summed E-state index contributed by atoms with van der Waals surface area (Å²) in [6.07, 6.45) is 2.32. The summed E-state index contributed by atoms with van der Waals surface area (Å²) in [5, 5.41) is 5.23. The quantitative estimate of drug-likeness (QED) is 0.870. The molecule has 0 bridgehead atoms. The minimum atomic E-state index is -0.498. The molecule has 0 aliphatic heterocycles. The van der Waals surface area contributed by atoms with Gasteiger partial charge in [-0.1, -0.05) is 6.07 Å². The van der Waals surface area contributed by atoms with E-state index in [-0.39, 0.29) is 5.69 Å². The Kier molecular flexibility index (Phi) is 4.22. The smallest absolute Gasteiger partial charge is 0.149 e. The summed E-state index contributed by atoms with van der Waals surface area (Å²) in [6, 6.07) is 7.28. The average Bonchev–Trinajstić information content (AvgIpc) is 3.12. The van der Waals surface area contributed by atoms with Gasteiger partial charge in [-0.2, -0.15) is 0 Å². The molecule has 3 rings (SSSR count). The molecule has 2 aromatic rings. The van der Waals surface area contributed by atoms with E-state index in [0.717, 1.165) is 17.7 Å². The Morgan fingerprint density at radius 1 is 1.29 bits per heavy atom. The largest absolute Gasteiger partial charge is 0.365 e. The van der Waals surface area contributed by atoms with E-state index in [1.54, 1.807) is 23.3 Å². The first-order valence-corrected chi connectivity index (χ1v) is 7.96. The van der Waals surface area contributed by atoms with Gasteiger partial charge in [0.15, 0.2) is 0 Å². The van der Waals surface area contributed by atoms with Gasteiger partial charge in [-0.3, -0.25) is 0 Å². The lowest BCUT2D eigenvalue weighted by atomic mass is 10.1. The van der Waals surface area contributed by atoms with Crippen LogP contribution in [0, 0.1) is 11.6 Å². The fourth-order valence-electron chi connectivity index (χ4n) is 2.35. The van der Waals surface area contributed by atoms with Crippen LogP contribution in [0.5, 0.6) is 0 Å². The van der Waals surface area contributed by atoms with Crippen LogP contribution in [0.2, 0.25) is 0 Å². The second-order valence-corrected chi connectivity index (χ2v) is 6.53. The first-order valence-electron chi connectivity index (χ1n) is 7.08. The average molecular weight is 308 g/mol. The van der Waals surface area contributed by atoms with Gasteiger partial charge in [-0.05, 0) is 42.0 Å². The van der Waals surface area contributed by atoms with Gasteiger partial charge in [0, 0.05) is 24.5 Å². The third-order valence-electron chi connectivity index (χ3n) is 3.60. The first kappa shape index (κ1) is 14.5. The van der Waals surface area contributed by atoms with Crippen LogP contribution < -0.4 is 10.2 Å². The lowest BCUT2D eigenvalue weighted by Gasteiger charge is -2.20. The van der Waals surface area contributed by atoms with Crippen molar-refractivity contribution in [1.29, 1.82) is 0 Å². The first-order chi connectivity index (χ1) is 10.1. The Hall–Kier alpha value is -1.46. The lowest BCUT2D eigenvalue weighted by Crippen LogP contribution is -2.20. The number of hydrogen-bond donors (Lipinski definition) is 1. The highest BCUT2D eigenvalue weighted by atomic mass is 32.1. The molecule has 0 spiro atoms. The van der Waals surface area contributed by atoms with E-state index in [9.17, 15) is 8.78 Å². The maximum atomic E-state index is 14.2. The molecule has 0 atom stereocenters. The monoisotopic (exact) mass is 308 g/mol. The van der Waals surface area contributed by atoms with Crippen molar-refractivity contribution in [3.63, 3.8) is 0 Å². The Balaban J connectivity index is 1.74. The molecule has 1 aromatic carbocycles. The molecule has 0 unspecified atom stereocenters. The van der Waals surface area contributed by atoms with Crippen LogP contribution in [0.25, 0.3) is 0 Å². The van der Waals surface area contributed by atoms with Gasteiger partial charge >= 0.3 is 0 Å². The Labute approximate surface area is 127 Å². The second kappa shape index (κ2) is 6.12. The molecular weight excluding hydrogens is 290 g/mol. The molecule has 0 amide bonds. The summed E-state index contributed by atoms with van der Waals surface area (Å²) < 4.78 is 28.4. The van der Waals surface area contributed by atoms with E-state index in [4.69, 9.17) is 0 Å². The van der Waals surface area contributed by atoms with Gasteiger partial charge in [0.25, 0.3) is 0 Å². The molecule has 0 radical (unpaired) electrons. The molecule has 0 saturated heterocycles. The van der Waals surface area contributed by atoms with Crippen LogP contribution in [0.3, 0.4) is 0 Å². The number of halogens is 2. The summed E-state index contributed by atoms with van der Waals surface area (Å²) in [5.41, 5.74) is 0.698. The highest BCUT2D eigenvalue weighted by molar-refractivity contribution is 7.09. The molecule has 1 heterocycles. The van der Waals surface area contributed by atoms with Gasteiger partial charge in [-0.15, -0.1) is 11.3 Å². The third-order valence-corrected chi connectivity index (χ3v) is 4.46. The number of nitrogens with zero attached hydrogens (tertiary/aromatic N) is 1. The zero-order valence-corrected chi connectivity index (χ0v) is 12.7. The van der Waals surface area contributed by atoms with Gasteiger partial charge in [0.1, 0.15) is 17.3 Å². The van der Waals surface area contributed by atoms with E-state index in [1.165, 1.54) is 12.1 Å². The van der Waals surface area contributed by atoms with Gasteiger partial charge in [0.05, 0.1) is 6.54 Å². The number of anilines is 1. The molecule has 1 aliphatic rings. The zero-order chi connectivity index (χ0) is 14.8. The molecule has 2 nitrogen and oxygen atoms in total. The molecule has 1 fully saturated rings. The number of rotatable bonds is 6. The summed E-state index contributed by atoms with van der Waals surface area (Å²) in [6.45, 7) is 1.03. The van der Waals surface area contributed by atoms with E-state index in [1.807, 2.05) is 17.5 Å². The standard InChI is InChI=1S/C16H18F2N2S/c1-20(10-13-3-2-6-21-13)16-14(17)7-11(8-15(16)18)9-19-12-4-5-12/h2-3,6-8,12,19H,4-5,9-10H2,1H3. The van der Waals surface area contributed by atoms with Crippen molar-refractivity contribution in [3.8, 4) is 0 Å². The number of thiophene rings is 1. The van der Waals surface area contributed by atoms with Crippen LogP contribution in [-0.4, -0.2) is 13.1 Å². The third kappa shape index (κ3) is 3.60. The zero-order valence-electron chi connectivity index (χ0n) is 11.9. The molecule has 1 N–H and O–H groups in total. The van der Waals surface area contributed by atoms with Crippen LogP contribution >= 0.6 is 11.3 Å². The fourth-order valence-corrected chi connectivity index (χ4v) is 3.11. The number of hydrogen-bond acceptors (Lipinski definition) is 3. The van der Waals surface area contributed by atoms with Crippen molar-refractivity contribution >= 4 is 17.0 Å². The van der Waals surface area contributed by atoms with Gasteiger partial charge in [-0.25, -0.2) is 8.78 Å². The van der Waals surface area contributed by atoms with E-state index in [0.29, 0.717) is 24.7 Å². The molecule has 1 aromatic heterocycles. The molecule has 21 heavy (non-hydrogen) atoms. The number of nitrogens with one attached hydrogen (secondary N) is 1. The fraction of sp³-hybridized carbons (Fsp3) is 0.375. The second-order valence-electron chi connectivity index (χ2n) is 5.50. The summed E-state index contributed by atoms with van der Waals surface area (Å²) in [4.78, 5) is 2.70. The summed E-state index contributed by atoms with van der Waals surface area (Å²) >= 11 is 1.58. The van der Waals surface area contributed by atoms with Crippen LogP contribution in [-0.2, 0) is 13.1 Å². The number of benzene rings is 1. The van der Waals surface area contributed by atoms with E-state index in [2.05, 4.69) is 5.32 Å². The maximum absolute atomic E-state index is 14.2. The van der Waals surface area contributed by atoms with Crippen molar-refractivity contribution < 1.29 is 8.78 Å². The van der Waals surface area contributed by atoms with Crippen molar-refractivity contribution in [3.05, 3.63) is 51.7 Å². The maximum Gasteiger partial charge on any atom is 0.149 e. The Morgan fingerprint density at radius 3 is 2.57 bits per heavy atom. The molecule has 112 valence electrons. The van der Waals surface area contributed by atoms with Crippen molar-refractivity contribution in [2.75, 3.05) is 11.9 Å². The molecule has 1 saturated carbocycles. The van der Waals surface area contributed by atoms with Gasteiger partial charge < -0.3 is 10.2 Å². The highest BCUT2D eigenvalue weighted by Crippen LogP contribution is 2.27. The van der Waals surface area contributed by atoms with E-state index < -0.39 is 11.6 Å². The summed E-state index contributed by atoms with van der Waals surface area (Å²) in [7, 11) is 1.71. The van der Waals surface area contributed by atoms with Crippen LogP contribution in [0.15, 0.2) is 29.6 Å². The van der Waals surface area contributed by atoms with Crippen molar-refractivity contribution in [2.45, 2.75) is 32.0 Å². The molecule has 1 aliphatic carbocycles. The highest BCUT2D eigenvalue weighted by Gasteiger charge is 2.21. The van der Waals surface area contributed by atoms with Crippen LogP contribution in [0.1, 0.15) is 23.3 Å². The van der Waals surface area contributed by atoms with Gasteiger partial charge in [0.2, 0.25) is 0 Å². The van der Waals surface area contributed by atoms with Crippen LogP contribution in [0.4, 0.5) is 14.5 Å². The lowest BCUT2D eigenvalue weighted by molar-refractivity contribution is 0.569. The normalized spacial score (nSPS) is 14.4. The minimum Gasteiger partial charge on any atom is -0.365 e. The SMILES string of the molecule is CN(Cc1cccs1)c1c(F)cc(CNC2CC2)cc1F. The van der Waals surface area contributed by atoms with E-state index >= 15 is 0 Å². The predicted molar refractivity (Wildman–Crippen MR) is 82.6 cm³/mol. The van der Waals surface area contributed by atoms with Crippen molar-refractivity contribution in [2.24, 2.45) is 0 Å². The predicted octanol–water partition coefficient (Wildman–Crippen LogP) is 3.91. The summed E-state index contributed by atoms with van der Waals surface area (Å²) in [5.74, 6) is -0.997. The van der Waals surface area contributed by atoms with Crippen molar-refractivity contribution in [1.82, 2.24) is 5.32 Å². The topological polar surface area (TPSA) is 15.3 Å².